The zero-order valence-corrected chi connectivity index (χ0v) is 14.4. The molecule has 1 heterocycles. The minimum atomic E-state index is 0.372. The Morgan fingerprint density at radius 1 is 1.14 bits per heavy atom. The van der Waals surface area contributed by atoms with Gasteiger partial charge in [-0.15, -0.1) is 11.3 Å². The van der Waals surface area contributed by atoms with E-state index in [1.807, 2.05) is 11.3 Å². The average molecular weight is 360 g/mol. The summed E-state index contributed by atoms with van der Waals surface area (Å²) >= 11 is 5.37. The average Bonchev–Trinajstić information content (AvgIpc) is 2.94. The lowest BCUT2D eigenvalue weighted by Gasteiger charge is -2.17. The molecule has 3 heteroatoms. The molecule has 0 saturated heterocycles. The maximum atomic E-state index is 3.61. The van der Waals surface area contributed by atoms with Gasteiger partial charge < -0.3 is 5.32 Å². The lowest BCUT2D eigenvalue weighted by molar-refractivity contribution is 0.559. The predicted molar refractivity (Wildman–Crippen MR) is 96.1 cm³/mol. The van der Waals surface area contributed by atoms with Gasteiger partial charge in [-0.3, -0.25) is 0 Å². The first-order valence-corrected chi connectivity index (χ1v) is 8.89. The lowest BCUT2D eigenvalue weighted by atomic mass is 9.98. The number of halogens is 1. The van der Waals surface area contributed by atoms with Gasteiger partial charge in [0.2, 0.25) is 0 Å². The zero-order valence-electron chi connectivity index (χ0n) is 12.0. The van der Waals surface area contributed by atoms with Gasteiger partial charge in [-0.1, -0.05) is 49.4 Å². The quantitative estimate of drug-likeness (QED) is 0.628. The number of fused-ring (bicyclic) bond motifs is 1. The Kier molecular flexibility index (Phi) is 4.73. The third kappa shape index (κ3) is 3.37. The molecular formula is C18H18BrNS. The monoisotopic (exact) mass is 359 g/mol. The van der Waals surface area contributed by atoms with E-state index >= 15 is 0 Å². The topological polar surface area (TPSA) is 12.0 Å². The largest absolute Gasteiger partial charge is 0.309 e. The Morgan fingerprint density at radius 2 is 1.95 bits per heavy atom. The molecule has 0 bridgehead atoms. The lowest BCUT2D eigenvalue weighted by Crippen LogP contribution is -2.22. The van der Waals surface area contributed by atoms with E-state index in [1.54, 1.807) is 0 Å². The van der Waals surface area contributed by atoms with Crippen molar-refractivity contribution in [1.82, 2.24) is 5.32 Å². The van der Waals surface area contributed by atoms with Gasteiger partial charge in [0.05, 0.1) is 0 Å². The fraction of sp³-hybridized carbons (Fsp3) is 0.222. The van der Waals surface area contributed by atoms with Crippen molar-refractivity contribution in [1.29, 1.82) is 0 Å². The normalized spacial score (nSPS) is 12.7. The van der Waals surface area contributed by atoms with Crippen LogP contribution in [-0.4, -0.2) is 6.54 Å². The zero-order chi connectivity index (χ0) is 14.7. The van der Waals surface area contributed by atoms with Gasteiger partial charge in [-0.05, 0) is 51.3 Å². The summed E-state index contributed by atoms with van der Waals surface area (Å²) in [7, 11) is 0. The minimum Gasteiger partial charge on any atom is -0.309 e. The molecule has 2 aromatic carbocycles. The second-order valence-corrected chi connectivity index (χ2v) is 6.98. The third-order valence-corrected chi connectivity index (χ3v) is 5.49. The second kappa shape index (κ2) is 6.73. The molecule has 3 rings (SSSR count). The molecule has 0 radical (unpaired) electrons. The van der Waals surface area contributed by atoms with Crippen molar-refractivity contribution in [3.05, 3.63) is 68.8 Å². The van der Waals surface area contributed by atoms with Gasteiger partial charge in [0, 0.05) is 20.8 Å². The molecule has 1 unspecified atom stereocenters. The van der Waals surface area contributed by atoms with Gasteiger partial charge in [-0.2, -0.15) is 0 Å². The Bertz CT molecular complexity index is 729. The maximum Gasteiger partial charge on any atom is 0.0456 e. The number of hydrogen-bond acceptors (Lipinski definition) is 2. The summed E-state index contributed by atoms with van der Waals surface area (Å²) in [6.45, 7) is 3.14. The van der Waals surface area contributed by atoms with E-state index < -0.39 is 0 Å². The standard InChI is InChI=1S/C18H18BrNS/c1-2-20-17(18-11-15(19)12-21-18)10-14-8-5-7-13-6-3-4-9-16(13)14/h3-9,11-12,17,20H,2,10H2,1H3. The summed E-state index contributed by atoms with van der Waals surface area (Å²) in [4.78, 5) is 1.39. The van der Waals surface area contributed by atoms with Gasteiger partial charge in [0.15, 0.2) is 0 Å². The summed E-state index contributed by atoms with van der Waals surface area (Å²) in [6.07, 6.45) is 1.02. The van der Waals surface area contributed by atoms with Crippen molar-refractivity contribution in [3.63, 3.8) is 0 Å². The van der Waals surface area contributed by atoms with Crippen molar-refractivity contribution in [2.75, 3.05) is 6.54 Å². The Balaban J connectivity index is 1.94. The van der Waals surface area contributed by atoms with Crippen LogP contribution < -0.4 is 5.32 Å². The van der Waals surface area contributed by atoms with Crippen LogP contribution in [0.25, 0.3) is 10.8 Å². The van der Waals surface area contributed by atoms with Gasteiger partial charge in [-0.25, -0.2) is 0 Å². The van der Waals surface area contributed by atoms with Crippen LogP contribution in [0.2, 0.25) is 0 Å². The molecule has 3 aromatic rings. The highest BCUT2D eigenvalue weighted by Gasteiger charge is 2.14. The van der Waals surface area contributed by atoms with Crippen LogP contribution >= 0.6 is 27.3 Å². The molecular weight excluding hydrogens is 342 g/mol. The Labute approximate surface area is 138 Å². The SMILES string of the molecule is CCNC(Cc1cccc2ccccc12)c1cc(Br)cs1. The smallest absolute Gasteiger partial charge is 0.0456 e. The number of hydrogen-bond donors (Lipinski definition) is 1. The second-order valence-electron chi connectivity index (χ2n) is 5.12. The fourth-order valence-electron chi connectivity index (χ4n) is 2.72. The fourth-order valence-corrected chi connectivity index (χ4v) is 4.24. The molecule has 0 saturated carbocycles. The van der Waals surface area contributed by atoms with Gasteiger partial charge >= 0.3 is 0 Å². The maximum absolute atomic E-state index is 3.61. The molecule has 0 aliphatic rings. The third-order valence-electron chi connectivity index (χ3n) is 3.69. The number of likely N-dealkylation sites (N-methyl/N-ethyl adjacent to an activating group) is 1. The van der Waals surface area contributed by atoms with Crippen molar-refractivity contribution in [2.24, 2.45) is 0 Å². The number of rotatable bonds is 5. The number of nitrogens with one attached hydrogen (secondary N) is 1. The molecule has 0 aliphatic heterocycles. The molecule has 0 spiro atoms. The van der Waals surface area contributed by atoms with Gasteiger partial charge in [0.25, 0.3) is 0 Å². The van der Waals surface area contributed by atoms with Crippen LogP contribution in [0.15, 0.2) is 58.4 Å². The van der Waals surface area contributed by atoms with E-state index in [1.165, 1.54) is 25.7 Å². The summed E-state index contributed by atoms with van der Waals surface area (Å²) < 4.78 is 1.17. The molecule has 1 atom stereocenters. The van der Waals surface area contributed by atoms with Crippen LogP contribution in [0.3, 0.4) is 0 Å². The van der Waals surface area contributed by atoms with Crippen LogP contribution in [-0.2, 0) is 6.42 Å². The van der Waals surface area contributed by atoms with E-state index in [4.69, 9.17) is 0 Å². The highest BCUT2D eigenvalue weighted by Crippen LogP contribution is 2.30. The summed E-state index contributed by atoms with van der Waals surface area (Å²) in [6, 6.07) is 17.8. The van der Waals surface area contributed by atoms with Crippen molar-refractivity contribution in [2.45, 2.75) is 19.4 Å². The molecule has 1 nitrogen and oxygen atoms in total. The number of benzene rings is 2. The van der Waals surface area contributed by atoms with Crippen LogP contribution in [0, 0.1) is 0 Å². The van der Waals surface area contributed by atoms with Gasteiger partial charge in [0.1, 0.15) is 0 Å². The summed E-state index contributed by atoms with van der Waals surface area (Å²) in [5.41, 5.74) is 1.41. The molecule has 108 valence electrons. The molecule has 1 aromatic heterocycles. The molecule has 0 amide bonds. The van der Waals surface area contributed by atoms with E-state index in [-0.39, 0.29) is 0 Å². The van der Waals surface area contributed by atoms with Crippen molar-refractivity contribution < 1.29 is 0 Å². The first-order chi connectivity index (χ1) is 10.3. The first kappa shape index (κ1) is 14.8. The highest BCUT2D eigenvalue weighted by atomic mass is 79.9. The van der Waals surface area contributed by atoms with Crippen molar-refractivity contribution >= 4 is 38.0 Å². The predicted octanol–water partition coefficient (Wildman–Crippen LogP) is 5.56. The van der Waals surface area contributed by atoms with Crippen LogP contribution in [0.4, 0.5) is 0 Å². The molecule has 21 heavy (non-hydrogen) atoms. The first-order valence-electron chi connectivity index (χ1n) is 7.22. The minimum absolute atomic E-state index is 0.372. The number of thiophene rings is 1. The van der Waals surface area contributed by atoms with Crippen LogP contribution in [0.5, 0.6) is 0 Å². The van der Waals surface area contributed by atoms with E-state index in [0.29, 0.717) is 6.04 Å². The van der Waals surface area contributed by atoms with E-state index in [2.05, 4.69) is 82.1 Å². The van der Waals surface area contributed by atoms with Crippen LogP contribution in [0.1, 0.15) is 23.4 Å². The molecule has 1 N–H and O–H groups in total. The Hall–Kier alpha value is -1.16. The summed E-state index contributed by atoms with van der Waals surface area (Å²) in [5.74, 6) is 0. The molecule has 0 fully saturated rings. The molecule has 0 aliphatic carbocycles. The van der Waals surface area contributed by atoms with Crippen molar-refractivity contribution in [3.8, 4) is 0 Å². The highest BCUT2D eigenvalue weighted by molar-refractivity contribution is 9.10. The Morgan fingerprint density at radius 3 is 2.71 bits per heavy atom. The van der Waals surface area contributed by atoms with E-state index in [0.717, 1.165) is 13.0 Å². The van der Waals surface area contributed by atoms with E-state index in [9.17, 15) is 0 Å². The summed E-state index contributed by atoms with van der Waals surface area (Å²) in [5, 5.41) is 8.45.